The van der Waals surface area contributed by atoms with Crippen molar-refractivity contribution in [3.8, 4) is 11.8 Å². The van der Waals surface area contributed by atoms with Crippen molar-refractivity contribution in [1.82, 2.24) is 0 Å². The molecule has 2 aromatic carbocycles. The highest BCUT2D eigenvalue weighted by molar-refractivity contribution is 5.35. The van der Waals surface area contributed by atoms with Crippen LogP contribution in [0.1, 0.15) is 37.3 Å². The first kappa shape index (κ1) is 16.8. The van der Waals surface area contributed by atoms with Gasteiger partial charge < -0.3 is 9.84 Å². The Bertz CT molecular complexity index is 699. The Hall–Kier alpha value is -2.08. The van der Waals surface area contributed by atoms with Crippen molar-refractivity contribution >= 4 is 0 Å². The molecule has 1 aliphatic carbocycles. The molecule has 1 aliphatic rings. The van der Waals surface area contributed by atoms with Crippen molar-refractivity contribution in [3.05, 3.63) is 71.8 Å². The van der Waals surface area contributed by atoms with E-state index < -0.39 is 11.5 Å². The molecule has 2 heteroatoms. The SMILES string of the molecule is C[C@]1(C#Cc2ccccc2)CCC[C@H](OCc2ccccc2)[C@@H]1O. The minimum Gasteiger partial charge on any atom is -0.389 e. The van der Waals surface area contributed by atoms with Crippen LogP contribution in [-0.4, -0.2) is 17.3 Å². The molecule has 0 spiro atoms. The van der Waals surface area contributed by atoms with E-state index in [1.165, 1.54) is 0 Å². The smallest absolute Gasteiger partial charge is 0.0964 e. The third-order valence-electron chi connectivity index (χ3n) is 4.76. The van der Waals surface area contributed by atoms with Gasteiger partial charge in [-0.1, -0.05) is 60.4 Å². The highest BCUT2D eigenvalue weighted by Gasteiger charge is 2.40. The lowest BCUT2D eigenvalue weighted by Crippen LogP contribution is -2.45. The summed E-state index contributed by atoms with van der Waals surface area (Å²) >= 11 is 0. The average Bonchev–Trinajstić information content (AvgIpc) is 2.63. The number of rotatable bonds is 3. The van der Waals surface area contributed by atoms with Crippen molar-refractivity contribution in [2.45, 2.75) is 45.0 Å². The fraction of sp³-hybridized carbons (Fsp3) is 0.364. The predicted molar refractivity (Wildman–Crippen MR) is 96.3 cm³/mol. The maximum absolute atomic E-state index is 10.8. The molecule has 2 nitrogen and oxygen atoms in total. The first-order chi connectivity index (χ1) is 11.7. The van der Waals surface area contributed by atoms with E-state index >= 15 is 0 Å². The highest BCUT2D eigenvalue weighted by Crippen LogP contribution is 2.37. The number of benzene rings is 2. The van der Waals surface area contributed by atoms with E-state index in [1.807, 2.05) is 67.6 Å². The van der Waals surface area contributed by atoms with Gasteiger partial charge in [-0.05, 0) is 43.9 Å². The van der Waals surface area contributed by atoms with E-state index in [4.69, 9.17) is 4.74 Å². The zero-order valence-corrected chi connectivity index (χ0v) is 14.1. The molecule has 124 valence electrons. The summed E-state index contributed by atoms with van der Waals surface area (Å²) in [6.07, 6.45) is 2.09. The Morgan fingerprint density at radius 2 is 1.75 bits per heavy atom. The molecule has 0 heterocycles. The quantitative estimate of drug-likeness (QED) is 0.860. The molecule has 0 aliphatic heterocycles. The van der Waals surface area contributed by atoms with Gasteiger partial charge in [0.1, 0.15) is 0 Å². The molecule has 0 amide bonds. The molecule has 0 saturated heterocycles. The number of aliphatic hydroxyl groups excluding tert-OH is 1. The third kappa shape index (κ3) is 4.06. The summed E-state index contributed by atoms with van der Waals surface area (Å²) in [7, 11) is 0. The summed E-state index contributed by atoms with van der Waals surface area (Å²) in [4.78, 5) is 0. The molecule has 1 N–H and O–H groups in total. The van der Waals surface area contributed by atoms with Crippen molar-refractivity contribution in [2.24, 2.45) is 5.41 Å². The molecule has 0 aromatic heterocycles. The number of ether oxygens (including phenoxy) is 1. The first-order valence-electron chi connectivity index (χ1n) is 8.59. The van der Waals surface area contributed by atoms with Gasteiger partial charge in [-0.25, -0.2) is 0 Å². The minimum atomic E-state index is -0.564. The van der Waals surface area contributed by atoms with Gasteiger partial charge in [-0.3, -0.25) is 0 Å². The number of hydrogen-bond donors (Lipinski definition) is 1. The summed E-state index contributed by atoms with van der Waals surface area (Å²) in [5, 5.41) is 10.8. The first-order valence-corrected chi connectivity index (χ1v) is 8.59. The lowest BCUT2D eigenvalue weighted by Gasteiger charge is -2.39. The Kier molecular flexibility index (Phi) is 5.35. The Morgan fingerprint density at radius 3 is 2.46 bits per heavy atom. The fourth-order valence-electron chi connectivity index (χ4n) is 3.21. The normalized spacial score (nSPS) is 26.4. The Labute approximate surface area is 144 Å². The monoisotopic (exact) mass is 320 g/mol. The lowest BCUT2D eigenvalue weighted by atomic mass is 9.72. The second-order valence-corrected chi connectivity index (χ2v) is 6.71. The van der Waals surface area contributed by atoms with Crippen molar-refractivity contribution < 1.29 is 9.84 Å². The predicted octanol–water partition coefficient (Wildman–Crippen LogP) is 4.17. The standard InChI is InChI=1S/C22H24O2/c1-22(16-14-18-9-4-2-5-10-18)15-8-13-20(21(22)23)24-17-19-11-6-3-7-12-19/h2-7,9-12,20-21,23H,8,13,15,17H2,1H3/t20-,21-,22+/m0/s1. The van der Waals surface area contributed by atoms with Gasteiger partial charge in [0.2, 0.25) is 0 Å². The van der Waals surface area contributed by atoms with Crippen LogP contribution in [0.2, 0.25) is 0 Å². The molecular formula is C22H24O2. The van der Waals surface area contributed by atoms with Gasteiger partial charge in [-0.15, -0.1) is 0 Å². The largest absolute Gasteiger partial charge is 0.389 e. The fourth-order valence-corrected chi connectivity index (χ4v) is 3.21. The topological polar surface area (TPSA) is 29.5 Å². The molecule has 0 radical (unpaired) electrons. The van der Waals surface area contributed by atoms with E-state index in [2.05, 4.69) is 11.8 Å². The van der Waals surface area contributed by atoms with Gasteiger partial charge in [0.15, 0.2) is 0 Å². The summed E-state index contributed by atoms with van der Waals surface area (Å²) in [5.41, 5.74) is 1.70. The Morgan fingerprint density at radius 1 is 1.08 bits per heavy atom. The summed E-state index contributed by atoms with van der Waals surface area (Å²) in [6, 6.07) is 20.0. The number of aliphatic hydroxyl groups is 1. The van der Waals surface area contributed by atoms with Crippen molar-refractivity contribution in [2.75, 3.05) is 0 Å². The van der Waals surface area contributed by atoms with E-state index in [9.17, 15) is 5.11 Å². The summed E-state index contributed by atoms with van der Waals surface area (Å²) in [5.74, 6) is 6.53. The van der Waals surface area contributed by atoms with Crippen LogP contribution in [0.25, 0.3) is 0 Å². The van der Waals surface area contributed by atoms with E-state index in [1.54, 1.807) is 0 Å². The van der Waals surface area contributed by atoms with Crippen molar-refractivity contribution in [1.29, 1.82) is 0 Å². The van der Waals surface area contributed by atoms with Crippen LogP contribution in [0.3, 0.4) is 0 Å². The zero-order chi connectivity index (χ0) is 16.8. The van der Waals surface area contributed by atoms with Crippen LogP contribution in [-0.2, 0) is 11.3 Å². The summed E-state index contributed by atoms with van der Waals surface area (Å²) < 4.78 is 6.01. The van der Waals surface area contributed by atoms with Crippen LogP contribution in [0, 0.1) is 17.3 Å². The van der Waals surface area contributed by atoms with E-state index in [0.717, 1.165) is 30.4 Å². The molecule has 3 rings (SSSR count). The second-order valence-electron chi connectivity index (χ2n) is 6.71. The molecule has 3 atom stereocenters. The molecule has 24 heavy (non-hydrogen) atoms. The molecule has 0 bridgehead atoms. The van der Waals surface area contributed by atoms with Gasteiger partial charge in [0.25, 0.3) is 0 Å². The molecular weight excluding hydrogens is 296 g/mol. The third-order valence-corrected chi connectivity index (χ3v) is 4.76. The van der Waals surface area contributed by atoms with E-state index in [-0.39, 0.29) is 6.10 Å². The van der Waals surface area contributed by atoms with Crippen LogP contribution >= 0.6 is 0 Å². The van der Waals surface area contributed by atoms with Gasteiger partial charge in [-0.2, -0.15) is 0 Å². The van der Waals surface area contributed by atoms with Gasteiger partial charge in [0.05, 0.1) is 24.2 Å². The van der Waals surface area contributed by atoms with Crippen molar-refractivity contribution in [3.63, 3.8) is 0 Å². The highest BCUT2D eigenvalue weighted by atomic mass is 16.5. The van der Waals surface area contributed by atoms with E-state index in [0.29, 0.717) is 6.61 Å². The molecule has 2 aromatic rings. The maximum atomic E-state index is 10.8. The minimum absolute atomic E-state index is 0.158. The molecule has 1 fully saturated rings. The summed E-state index contributed by atoms with van der Waals surface area (Å²) in [6.45, 7) is 2.58. The number of hydrogen-bond acceptors (Lipinski definition) is 2. The van der Waals surface area contributed by atoms with Crippen LogP contribution in [0.5, 0.6) is 0 Å². The maximum Gasteiger partial charge on any atom is 0.0964 e. The van der Waals surface area contributed by atoms with Crippen LogP contribution < -0.4 is 0 Å². The molecule has 0 unspecified atom stereocenters. The van der Waals surface area contributed by atoms with Crippen LogP contribution in [0.15, 0.2) is 60.7 Å². The zero-order valence-electron chi connectivity index (χ0n) is 14.1. The molecule has 1 saturated carbocycles. The average molecular weight is 320 g/mol. The lowest BCUT2D eigenvalue weighted by molar-refractivity contribution is -0.106. The Balaban J connectivity index is 1.67. The van der Waals surface area contributed by atoms with Gasteiger partial charge >= 0.3 is 0 Å². The van der Waals surface area contributed by atoms with Crippen LogP contribution in [0.4, 0.5) is 0 Å². The second kappa shape index (κ2) is 7.66. The van der Waals surface area contributed by atoms with Gasteiger partial charge in [0, 0.05) is 5.56 Å².